The molecule has 144 valence electrons. The summed E-state index contributed by atoms with van der Waals surface area (Å²) in [6, 6.07) is 10.2. The molecule has 0 bridgehead atoms. The van der Waals surface area contributed by atoms with Crippen LogP contribution in [0.2, 0.25) is 0 Å². The number of carbonyl (C=O) groups excluding carboxylic acids is 1. The van der Waals surface area contributed by atoms with Crippen LogP contribution in [0.4, 0.5) is 5.69 Å². The van der Waals surface area contributed by atoms with E-state index < -0.39 is 15.9 Å². The van der Waals surface area contributed by atoms with Gasteiger partial charge in [0, 0.05) is 18.7 Å². The van der Waals surface area contributed by atoms with Gasteiger partial charge in [0.25, 0.3) is 5.91 Å². The summed E-state index contributed by atoms with van der Waals surface area (Å²) in [4.78, 5) is 12.4. The first-order chi connectivity index (χ1) is 12.9. The average molecular weight is 392 g/mol. The van der Waals surface area contributed by atoms with E-state index in [2.05, 4.69) is 5.32 Å². The normalized spacial score (nSPS) is 15.3. The predicted octanol–water partition coefficient (Wildman–Crippen LogP) is 1.67. The van der Waals surface area contributed by atoms with E-state index in [-0.39, 0.29) is 29.4 Å². The quantitative estimate of drug-likeness (QED) is 0.750. The minimum absolute atomic E-state index is 0.00719. The van der Waals surface area contributed by atoms with Crippen molar-refractivity contribution in [2.45, 2.75) is 4.90 Å². The number of hydrogen-bond donors (Lipinski definition) is 2. The number of morpholine rings is 1. The highest BCUT2D eigenvalue weighted by Gasteiger charge is 2.27. The Balaban J connectivity index is 1.83. The third kappa shape index (κ3) is 4.21. The van der Waals surface area contributed by atoms with Gasteiger partial charge in [-0.15, -0.1) is 0 Å². The number of rotatable bonds is 5. The molecule has 8 nitrogen and oxygen atoms in total. The highest BCUT2D eigenvalue weighted by molar-refractivity contribution is 7.89. The molecule has 0 aliphatic carbocycles. The van der Waals surface area contributed by atoms with Crippen LogP contribution in [0.3, 0.4) is 0 Å². The summed E-state index contributed by atoms with van der Waals surface area (Å²) in [5.41, 5.74) is 0.363. The highest BCUT2D eigenvalue weighted by atomic mass is 32.2. The lowest BCUT2D eigenvalue weighted by Gasteiger charge is -2.26. The maximum absolute atomic E-state index is 12.7. The van der Waals surface area contributed by atoms with Crippen molar-refractivity contribution in [1.82, 2.24) is 4.31 Å². The summed E-state index contributed by atoms with van der Waals surface area (Å²) >= 11 is 0. The standard InChI is InChI=1S/C18H20N2O6S/c1-25-14-4-2-13(3-5-14)18(22)19-16-12-15(6-7-17(16)21)27(23,24)20-8-10-26-11-9-20/h2-7,12,21H,8-11H2,1H3,(H,19,22). The smallest absolute Gasteiger partial charge is 0.255 e. The average Bonchev–Trinajstić information content (AvgIpc) is 2.70. The molecule has 3 rings (SSSR count). The van der Waals surface area contributed by atoms with Gasteiger partial charge in [-0.2, -0.15) is 4.31 Å². The van der Waals surface area contributed by atoms with Gasteiger partial charge in [0.1, 0.15) is 11.5 Å². The Morgan fingerprint density at radius 3 is 2.44 bits per heavy atom. The van der Waals surface area contributed by atoms with Gasteiger partial charge in [-0.1, -0.05) is 0 Å². The molecule has 0 unspecified atom stereocenters. The minimum Gasteiger partial charge on any atom is -0.506 e. The van der Waals surface area contributed by atoms with Crippen molar-refractivity contribution >= 4 is 21.6 Å². The van der Waals surface area contributed by atoms with Crippen LogP contribution in [-0.4, -0.2) is 57.1 Å². The van der Waals surface area contributed by atoms with Gasteiger partial charge < -0.3 is 19.9 Å². The molecule has 1 amide bonds. The number of benzene rings is 2. The Morgan fingerprint density at radius 1 is 1.15 bits per heavy atom. The molecule has 1 saturated heterocycles. The van der Waals surface area contributed by atoms with Crippen molar-refractivity contribution in [2.24, 2.45) is 0 Å². The summed E-state index contributed by atoms with van der Waals surface area (Å²) in [6.45, 7) is 1.18. The second kappa shape index (κ2) is 7.95. The topological polar surface area (TPSA) is 105 Å². The van der Waals surface area contributed by atoms with E-state index in [0.29, 0.717) is 24.5 Å². The first-order valence-corrected chi connectivity index (χ1v) is 9.72. The number of phenols is 1. The Hall–Kier alpha value is -2.62. The second-order valence-corrected chi connectivity index (χ2v) is 7.82. The molecule has 1 aliphatic heterocycles. The van der Waals surface area contributed by atoms with E-state index in [1.165, 1.54) is 29.6 Å². The predicted molar refractivity (Wildman–Crippen MR) is 98.6 cm³/mol. The van der Waals surface area contributed by atoms with Crippen LogP contribution in [0.5, 0.6) is 11.5 Å². The van der Waals surface area contributed by atoms with Gasteiger partial charge in [-0.25, -0.2) is 8.42 Å². The first kappa shape index (κ1) is 19.2. The molecule has 1 heterocycles. The summed E-state index contributed by atoms with van der Waals surface area (Å²) in [7, 11) is -2.21. The number of ether oxygens (including phenoxy) is 2. The molecule has 2 N–H and O–H groups in total. The number of methoxy groups -OCH3 is 1. The van der Waals surface area contributed by atoms with Crippen molar-refractivity contribution in [1.29, 1.82) is 0 Å². The van der Waals surface area contributed by atoms with Gasteiger partial charge in [0.05, 0.1) is 30.9 Å². The summed E-state index contributed by atoms with van der Waals surface area (Å²) < 4.78 is 37.0. The number of aromatic hydroxyl groups is 1. The number of nitrogens with zero attached hydrogens (tertiary/aromatic N) is 1. The van der Waals surface area contributed by atoms with E-state index in [1.54, 1.807) is 24.3 Å². The number of phenolic OH excluding ortho intramolecular Hbond substituents is 1. The van der Waals surface area contributed by atoms with Crippen LogP contribution in [0.15, 0.2) is 47.4 Å². The Bertz CT molecular complexity index is 921. The summed E-state index contributed by atoms with van der Waals surface area (Å²) in [5.74, 6) is -0.0975. The molecule has 27 heavy (non-hydrogen) atoms. The van der Waals surface area contributed by atoms with Crippen molar-refractivity contribution in [3.05, 3.63) is 48.0 Å². The van der Waals surface area contributed by atoms with Crippen LogP contribution in [-0.2, 0) is 14.8 Å². The van der Waals surface area contributed by atoms with Crippen molar-refractivity contribution < 1.29 is 27.8 Å². The van der Waals surface area contributed by atoms with E-state index in [0.717, 1.165) is 0 Å². The van der Waals surface area contributed by atoms with Crippen LogP contribution < -0.4 is 10.1 Å². The molecule has 0 radical (unpaired) electrons. The highest BCUT2D eigenvalue weighted by Crippen LogP contribution is 2.29. The second-order valence-electron chi connectivity index (χ2n) is 5.88. The first-order valence-electron chi connectivity index (χ1n) is 8.28. The van der Waals surface area contributed by atoms with Gasteiger partial charge in [0.2, 0.25) is 10.0 Å². The fourth-order valence-electron chi connectivity index (χ4n) is 2.65. The minimum atomic E-state index is -3.74. The SMILES string of the molecule is COc1ccc(C(=O)Nc2cc(S(=O)(=O)N3CCOCC3)ccc2O)cc1. The fraction of sp³-hybridized carbons (Fsp3) is 0.278. The van der Waals surface area contributed by atoms with Gasteiger partial charge >= 0.3 is 0 Å². The van der Waals surface area contributed by atoms with Crippen molar-refractivity contribution in [3.63, 3.8) is 0 Å². The van der Waals surface area contributed by atoms with Crippen molar-refractivity contribution in [3.8, 4) is 11.5 Å². The molecule has 9 heteroatoms. The maximum atomic E-state index is 12.7. The van der Waals surface area contributed by atoms with Gasteiger partial charge in [-0.05, 0) is 42.5 Å². The summed E-state index contributed by atoms with van der Waals surface area (Å²) in [6.07, 6.45) is 0. The largest absolute Gasteiger partial charge is 0.506 e. The van der Waals surface area contributed by atoms with E-state index in [9.17, 15) is 18.3 Å². The van der Waals surface area contributed by atoms with Crippen LogP contribution in [0.25, 0.3) is 0 Å². The molecular weight excluding hydrogens is 372 g/mol. The number of amides is 1. The maximum Gasteiger partial charge on any atom is 0.255 e. The molecule has 2 aromatic rings. The molecule has 0 aromatic heterocycles. The number of carbonyl (C=O) groups is 1. The zero-order valence-corrected chi connectivity index (χ0v) is 15.5. The Labute approximate surface area is 157 Å². The Morgan fingerprint density at radius 2 is 1.81 bits per heavy atom. The lowest BCUT2D eigenvalue weighted by Crippen LogP contribution is -2.40. The molecule has 1 aliphatic rings. The lowest BCUT2D eigenvalue weighted by molar-refractivity contribution is 0.0730. The van der Waals surface area contributed by atoms with E-state index >= 15 is 0 Å². The third-order valence-corrected chi connectivity index (χ3v) is 6.07. The van der Waals surface area contributed by atoms with E-state index in [1.807, 2.05) is 0 Å². The third-order valence-electron chi connectivity index (χ3n) is 4.18. The van der Waals surface area contributed by atoms with Crippen LogP contribution in [0, 0.1) is 0 Å². The Kier molecular flexibility index (Phi) is 5.64. The molecule has 2 aromatic carbocycles. The van der Waals surface area contributed by atoms with Gasteiger partial charge in [-0.3, -0.25) is 4.79 Å². The zero-order chi connectivity index (χ0) is 19.4. The molecule has 0 saturated carbocycles. The van der Waals surface area contributed by atoms with Gasteiger partial charge in [0.15, 0.2) is 0 Å². The fourth-order valence-corrected chi connectivity index (χ4v) is 4.08. The monoisotopic (exact) mass is 392 g/mol. The number of nitrogens with one attached hydrogen (secondary N) is 1. The molecule has 0 atom stereocenters. The molecule has 1 fully saturated rings. The number of anilines is 1. The van der Waals surface area contributed by atoms with E-state index in [4.69, 9.17) is 9.47 Å². The van der Waals surface area contributed by atoms with Crippen LogP contribution >= 0.6 is 0 Å². The van der Waals surface area contributed by atoms with Crippen molar-refractivity contribution in [2.75, 3.05) is 38.7 Å². The van der Waals surface area contributed by atoms with Crippen LogP contribution in [0.1, 0.15) is 10.4 Å². The molecular formula is C18H20N2O6S. The lowest BCUT2D eigenvalue weighted by atomic mass is 10.2. The number of sulfonamides is 1. The molecule has 0 spiro atoms. The summed E-state index contributed by atoms with van der Waals surface area (Å²) in [5, 5.41) is 12.6. The number of hydrogen-bond acceptors (Lipinski definition) is 6. The zero-order valence-electron chi connectivity index (χ0n) is 14.7.